The Morgan fingerprint density at radius 1 is 1.00 bits per heavy atom. The van der Waals surface area contributed by atoms with Crippen molar-refractivity contribution in [1.29, 1.82) is 0 Å². The third kappa shape index (κ3) is 2.79. The van der Waals surface area contributed by atoms with Gasteiger partial charge in [-0.3, -0.25) is 0 Å². The molecule has 4 rings (SSSR count). The molecule has 0 saturated heterocycles. The second kappa shape index (κ2) is 6.31. The van der Waals surface area contributed by atoms with Crippen LogP contribution in [0.15, 0.2) is 49.1 Å². The first-order chi connectivity index (χ1) is 12.1. The summed E-state index contributed by atoms with van der Waals surface area (Å²) in [5.41, 5.74) is 2.30. The fraction of sp³-hybridized carbons (Fsp3) is 0.0588. The van der Waals surface area contributed by atoms with Gasteiger partial charge in [-0.1, -0.05) is 29.3 Å². The molecule has 3 aromatic heterocycles. The number of hydrogen-bond acceptors (Lipinski definition) is 5. The van der Waals surface area contributed by atoms with Gasteiger partial charge in [-0.2, -0.15) is 0 Å². The van der Waals surface area contributed by atoms with Crippen molar-refractivity contribution in [3.05, 3.63) is 59.1 Å². The minimum atomic E-state index is 0.546. The zero-order chi connectivity index (χ0) is 17.4. The number of pyridine rings is 1. The van der Waals surface area contributed by atoms with Crippen molar-refractivity contribution >= 4 is 45.9 Å². The molecule has 0 atom stereocenters. The van der Waals surface area contributed by atoms with Crippen LogP contribution in [0, 0.1) is 0 Å². The topological polar surface area (TPSA) is 68.5 Å². The van der Waals surface area contributed by atoms with Crippen LogP contribution in [0.2, 0.25) is 10.0 Å². The molecule has 1 N–H and O–H groups in total. The minimum Gasteiger partial charge on any atom is -0.324 e. The lowest BCUT2D eigenvalue weighted by Crippen LogP contribution is -2.00. The molecule has 0 aliphatic carbocycles. The van der Waals surface area contributed by atoms with Gasteiger partial charge in [0.1, 0.15) is 23.5 Å². The minimum absolute atomic E-state index is 0.546. The summed E-state index contributed by atoms with van der Waals surface area (Å²) >= 11 is 12.7. The van der Waals surface area contributed by atoms with Crippen LogP contribution in [0.4, 0.5) is 11.6 Å². The molecule has 0 spiro atoms. The smallest absolute Gasteiger partial charge is 0.157 e. The molecule has 0 fully saturated rings. The van der Waals surface area contributed by atoms with Crippen molar-refractivity contribution < 1.29 is 0 Å². The van der Waals surface area contributed by atoms with E-state index in [0.29, 0.717) is 33.1 Å². The van der Waals surface area contributed by atoms with Crippen molar-refractivity contribution in [2.24, 2.45) is 7.05 Å². The molecule has 25 heavy (non-hydrogen) atoms. The summed E-state index contributed by atoms with van der Waals surface area (Å²) < 4.78 is 1.92. The highest BCUT2D eigenvalue weighted by atomic mass is 35.5. The highest BCUT2D eigenvalue weighted by molar-refractivity contribution is 6.39. The molecule has 0 saturated carbocycles. The van der Waals surface area contributed by atoms with Gasteiger partial charge < -0.3 is 9.88 Å². The third-order valence-electron chi connectivity index (χ3n) is 3.80. The van der Waals surface area contributed by atoms with Crippen LogP contribution in [-0.4, -0.2) is 24.5 Å². The van der Waals surface area contributed by atoms with Crippen molar-refractivity contribution in [2.45, 2.75) is 0 Å². The molecule has 1 aromatic carbocycles. The number of imidazole rings is 1. The van der Waals surface area contributed by atoms with Gasteiger partial charge in [-0.15, -0.1) is 0 Å². The van der Waals surface area contributed by atoms with E-state index in [4.69, 9.17) is 23.2 Å². The number of halogens is 2. The second-order valence-electron chi connectivity index (χ2n) is 5.34. The highest BCUT2D eigenvalue weighted by Gasteiger charge is 2.18. The number of nitrogens with zero attached hydrogens (tertiary/aromatic N) is 5. The Labute approximate surface area is 153 Å². The predicted molar refractivity (Wildman–Crippen MR) is 99.3 cm³/mol. The van der Waals surface area contributed by atoms with E-state index in [2.05, 4.69) is 25.3 Å². The molecular weight excluding hydrogens is 359 g/mol. The van der Waals surface area contributed by atoms with Crippen LogP contribution in [0.1, 0.15) is 0 Å². The molecule has 6 nitrogen and oxygen atoms in total. The number of aryl methyl sites for hydroxylation is 1. The van der Waals surface area contributed by atoms with E-state index in [-0.39, 0.29) is 0 Å². The molecular formula is C17H12Cl2N6. The summed E-state index contributed by atoms with van der Waals surface area (Å²) in [4.78, 5) is 17.2. The Morgan fingerprint density at radius 3 is 2.52 bits per heavy atom. The van der Waals surface area contributed by atoms with E-state index >= 15 is 0 Å². The van der Waals surface area contributed by atoms with E-state index in [1.807, 2.05) is 17.7 Å². The van der Waals surface area contributed by atoms with Crippen molar-refractivity contribution in [2.75, 3.05) is 5.32 Å². The molecule has 0 amide bonds. The Kier molecular flexibility index (Phi) is 3.99. The van der Waals surface area contributed by atoms with Gasteiger partial charge in [0.2, 0.25) is 0 Å². The number of aromatic nitrogens is 5. The van der Waals surface area contributed by atoms with Gasteiger partial charge >= 0.3 is 0 Å². The number of nitrogens with one attached hydrogen (secondary N) is 1. The number of benzene rings is 1. The van der Waals surface area contributed by atoms with Crippen molar-refractivity contribution in [3.63, 3.8) is 0 Å². The first-order valence-electron chi connectivity index (χ1n) is 7.44. The van der Waals surface area contributed by atoms with Crippen LogP contribution >= 0.6 is 23.2 Å². The zero-order valence-electron chi connectivity index (χ0n) is 13.1. The summed E-state index contributed by atoms with van der Waals surface area (Å²) in [6.45, 7) is 0. The monoisotopic (exact) mass is 370 g/mol. The fourth-order valence-electron chi connectivity index (χ4n) is 2.67. The summed E-state index contributed by atoms with van der Waals surface area (Å²) in [5, 5.41) is 4.28. The van der Waals surface area contributed by atoms with Crippen molar-refractivity contribution in [3.8, 4) is 11.4 Å². The second-order valence-corrected chi connectivity index (χ2v) is 6.15. The third-order valence-corrected chi connectivity index (χ3v) is 4.43. The van der Waals surface area contributed by atoms with Gasteiger partial charge in [0.15, 0.2) is 5.82 Å². The lowest BCUT2D eigenvalue weighted by atomic mass is 10.2. The number of rotatable bonds is 3. The van der Waals surface area contributed by atoms with E-state index in [1.54, 1.807) is 36.7 Å². The summed E-state index contributed by atoms with van der Waals surface area (Å²) in [6, 6.07) is 9.00. The zero-order valence-corrected chi connectivity index (χ0v) is 14.6. The van der Waals surface area contributed by atoms with Crippen LogP contribution in [0.5, 0.6) is 0 Å². The quantitative estimate of drug-likeness (QED) is 0.575. The van der Waals surface area contributed by atoms with Crippen LogP contribution in [0.3, 0.4) is 0 Å². The van der Waals surface area contributed by atoms with Crippen LogP contribution in [-0.2, 0) is 7.05 Å². The standard InChI is InChI=1S/C17H12Cl2N6/c1-25-15-12(23-17(25)14-10(18)3-2-4-11(14)19)5-8-21-16(15)24-13-6-7-20-9-22-13/h2-9H,1H3,(H,20,21,22,24). The number of fused-ring (bicyclic) bond motifs is 1. The van der Waals surface area contributed by atoms with Gasteiger partial charge in [-0.05, 0) is 24.3 Å². The maximum Gasteiger partial charge on any atom is 0.157 e. The van der Waals surface area contributed by atoms with Gasteiger partial charge in [0, 0.05) is 19.4 Å². The summed E-state index contributed by atoms with van der Waals surface area (Å²) in [6.07, 6.45) is 4.82. The largest absolute Gasteiger partial charge is 0.324 e. The molecule has 8 heteroatoms. The van der Waals surface area contributed by atoms with E-state index in [9.17, 15) is 0 Å². The highest BCUT2D eigenvalue weighted by Crippen LogP contribution is 2.36. The lowest BCUT2D eigenvalue weighted by Gasteiger charge is -2.09. The average molecular weight is 371 g/mol. The number of anilines is 2. The normalized spacial score (nSPS) is 11.0. The van der Waals surface area contributed by atoms with E-state index in [0.717, 1.165) is 11.0 Å². The summed E-state index contributed by atoms with van der Waals surface area (Å²) in [7, 11) is 1.90. The first kappa shape index (κ1) is 15.8. The first-order valence-corrected chi connectivity index (χ1v) is 8.19. The van der Waals surface area contributed by atoms with E-state index < -0.39 is 0 Å². The van der Waals surface area contributed by atoms with Crippen molar-refractivity contribution in [1.82, 2.24) is 24.5 Å². The Balaban J connectivity index is 1.90. The molecule has 4 aromatic rings. The number of hydrogen-bond donors (Lipinski definition) is 1. The Bertz CT molecular complexity index is 1040. The summed E-state index contributed by atoms with van der Waals surface area (Å²) in [5.74, 6) is 1.96. The molecule has 0 bridgehead atoms. The van der Waals surface area contributed by atoms with Gasteiger partial charge in [0.25, 0.3) is 0 Å². The molecule has 0 aliphatic rings. The van der Waals surface area contributed by atoms with Crippen LogP contribution in [0.25, 0.3) is 22.4 Å². The maximum absolute atomic E-state index is 6.35. The molecule has 124 valence electrons. The Morgan fingerprint density at radius 2 is 1.80 bits per heavy atom. The average Bonchev–Trinajstić information content (AvgIpc) is 2.93. The molecule has 0 aliphatic heterocycles. The molecule has 0 unspecified atom stereocenters. The van der Waals surface area contributed by atoms with Crippen LogP contribution < -0.4 is 5.32 Å². The SMILES string of the molecule is Cn1c(-c2c(Cl)cccc2Cl)nc2ccnc(Nc3ccncn3)c21. The van der Waals surface area contributed by atoms with Gasteiger partial charge in [0.05, 0.1) is 21.1 Å². The fourth-order valence-corrected chi connectivity index (χ4v) is 3.24. The molecule has 0 radical (unpaired) electrons. The van der Waals surface area contributed by atoms with Gasteiger partial charge in [-0.25, -0.2) is 19.9 Å². The molecule has 3 heterocycles. The van der Waals surface area contributed by atoms with E-state index in [1.165, 1.54) is 6.33 Å². The maximum atomic E-state index is 6.35. The predicted octanol–water partition coefficient (Wildman–Crippen LogP) is 4.48. The lowest BCUT2D eigenvalue weighted by molar-refractivity contribution is 0.957. The Hall–Kier alpha value is -2.70.